The maximum absolute atomic E-state index is 11.9. The Morgan fingerprint density at radius 3 is 2.81 bits per heavy atom. The molecule has 106 valence electrons. The van der Waals surface area contributed by atoms with Gasteiger partial charge in [-0.15, -0.1) is 0 Å². The molecular weight excluding hydrogens is 264 g/mol. The smallest absolute Gasteiger partial charge is 0.248 e. The average Bonchev–Trinajstić information content (AvgIpc) is 2.70. The lowest BCUT2D eigenvalue weighted by atomic mass is 10.2. The third kappa shape index (κ3) is 3.37. The Morgan fingerprint density at radius 1 is 1.43 bits per heavy atom. The number of benzene rings is 1. The van der Waals surface area contributed by atoms with E-state index < -0.39 is 0 Å². The summed E-state index contributed by atoms with van der Waals surface area (Å²) >= 11 is 0. The van der Waals surface area contributed by atoms with Crippen LogP contribution in [-0.2, 0) is 11.8 Å². The van der Waals surface area contributed by atoms with Crippen molar-refractivity contribution in [3.63, 3.8) is 0 Å². The molecule has 1 aromatic carbocycles. The van der Waals surface area contributed by atoms with E-state index in [-0.39, 0.29) is 5.91 Å². The van der Waals surface area contributed by atoms with Crippen LogP contribution in [0.15, 0.2) is 30.3 Å². The van der Waals surface area contributed by atoms with Crippen molar-refractivity contribution in [3.8, 4) is 6.07 Å². The lowest BCUT2D eigenvalue weighted by Crippen LogP contribution is -2.07. The molecule has 0 spiro atoms. The van der Waals surface area contributed by atoms with E-state index >= 15 is 0 Å². The van der Waals surface area contributed by atoms with Crippen molar-refractivity contribution in [2.75, 3.05) is 5.32 Å². The maximum atomic E-state index is 11.9. The van der Waals surface area contributed by atoms with Gasteiger partial charge in [0.05, 0.1) is 17.3 Å². The molecule has 0 saturated carbocycles. The first-order valence-electron chi connectivity index (χ1n) is 6.50. The summed E-state index contributed by atoms with van der Waals surface area (Å²) in [4.78, 5) is 11.9. The summed E-state index contributed by atoms with van der Waals surface area (Å²) in [6, 6.07) is 8.83. The summed E-state index contributed by atoms with van der Waals surface area (Å²) in [5, 5.41) is 15.8. The van der Waals surface area contributed by atoms with Crippen LogP contribution in [0.4, 0.5) is 5.69 Å². The topological polar surface area (TPSA) is 70.7 Å². The fourth-order valence-electron chi connectivity index (χ4n) is 2.04. The second-order valence-electron chi connectivity index (χ2n) is 4.72. The molecule has 21 heavy (non-hydrogen) atoms. The number of hydrogen-bond acceptors (Lipinski definition) is 3. The van der Waals surface area contributed by atoms with Crippen LogP contribution in [0.25, 0.3) is 6.08 Å². The Morgan fingerprint density at radius 2 is 2.19 bits per heavy atom. The van der Waals surface area contributed by atoms with Gasteiger partial charge < -0.3 is 5.32 Å². The number of aromatic nitrogens is 2. The van der Waals surface area contributed by atoms with Crippen molar-refractivity contribution in [2.24, 2.45) is 7.05 Å². The van der Waals surface area contributed by atoms with E-state index in [4.69, 9.17) is 5.26 Å². The molecule has 0 aliphatic heterocycles. The van der Waals surface area contributed by atoms with Gasteiger partial charge in [0, 0.05) is 30.1 Å². The van der Waals surface area contributed by atoms with Crippen LogP contribution in [0.3, 0.4) is 0 Å². The van der Waals surface area contributed by atoms with Crippen molar-refractivity contribution >= 4 is 17.7 Å². The predicted molar refractivity (Wildman–Crippen MR) is 81.5 cm³/mol. The molecule has 2 rings (SSSR count). The third-order valence-electron chi connectivity index (χ3n) is 3.23. The third-order valence-corrected chi connectivity index (χ3v) is 3.23. The zero-order chi connectivity index (χ0) is 15.4. The first kappa shape index (κ1) is 14.5. The number of amides is 1. The number of aryl methyl sites for hydroxylation is 2. The van der Waals surface area contributed by atoms with Crippen molar-refractivity contribution < 1.29 is 4.79 Å². The lowest BCUT2D eigenvalue weighted by Gasteiger charge is -2.02. The Balaban J connectivity index is 2.11. The second kappa shape index (κ2) is 6.06. The number of nitriles is 1. The molecule has 0 radical (unpaired) electrons. The first-order chi connectivity index (χ1) is 10.0. The summed E-state index contributed by atoms with van der Waals surface area (Å²) in [6.45, 7) is 3.86. The van der Waals surface area contributed by atoms with E-state index in [2.05, 4.69) is 10.4 Å². The highest BCUT2D eigenvalue weighted by molar-refractivity contribution is 6.02. The van der Waals surface area contributed by atoms with Crippen LogP contribution in [-0.4, -0.2) is 15.7 Å². The molecule has 5 heteroatoms. The van der Waals surface area contributed by atoms with Gasteiger partial charge in [-0.25, -0.2) is 0 Å². The van der Waals surface area contributed by atoms with E-state index in [0.29, 0.717) is 11.3 Å². The van der Waals surface area contributed by atoms with Crippen LogP contribution in [0.2, 0.25) is 0 Å². The van der Waals surface area contributed by atoms with E-state index in [9.17, 15) is 4.79 Å². The van der Waals surface area contributed by atoms with Gasteiger partial charge in [-0.2, -0.15) is 10.4 Å². The number of rotatable bonds is 3. The van der Waals surface area contributed by atoms with Crippen LogP contribution >= 0.6 is 0 Å². The first-order valence-corrected chi connectivity index (χ1v) is 6.50. The summed E-state index contributed by atoms with van der Waals surface area (Å²) in [5.74, 6) is -0.243. The molecule has 1 aromatic heterocycles. The van der Waals surface area contributed by atoms with E-state index in [1.807, 2.05) is 27.0 Å². The van der Waals surface area contributed by atoms with Gasteiger partial charge in [-0.3, -0.25) is 9.48 Å². The zero-order valence-corrected chi connectivity index (χ0v) is 12.2. The molecule has 1 N–H and O–H groups in total. The molecular formula is C16H16N4O. The predicted octanol–water partition coefficient (Wildman–Crippen LogP) is 2.56. The molecule has 0 fully saturated rings. The van der Waals surface area contributed by atoms with Crippen LogP contribution in [0, 0.1) is 25.2 Å². The highest BCUT2D eigenvalue weighted by Gasteiger charge is 2.06. The van der Waals surface area contributed by atoms with Gasteiger partial charge in [-0.1, -0.05) is 6.07 Å². The number of anilines is 1. The highest BCUT2D eigenvalue weighted by atomic mass is 16.1. The Bertz CT molecular complexity index is 750. The number of carbonyl (C=O) groups is 1. The van der Waals surface area contributed by atoms with Gasteiger partial charge in [0.15, 0.2) is 0 Å². The van der Waals surface area contributed by atoms with Crippen molar-refractivity contribution in [1.82, 2.24) is 9.78 Å². The van der Waals surface area contributed by atoms with Gasteiger partial charge in [-0.05, 0) is 38.1 Å². The normalized spacial score (nSPS) is 10.6. The highest BCUT2D eigenvalue weighted by Crippen LogP contribution is 2.14. The van der Waals surface area contributed by atoms with Gasteiger partial charge in [0.1, 0.15) is 0 Å². The molecule has 5 nitrogen and oxygen atoms in total. The molecule has 0 saturated heterocycles. The number of hydrogen-bond donors (Lipinski definition) is 1. The quantitative estimate of drug-likeness (QED) is 0.878. The van der Waals surface area contributed by atoms with Gasteiger partial charge >= 0.3 is 0 Å². The summed E-state index contributed by atoms with van der Waals surface area (Å²) < 4.78 is 1.78. The summed E-state index contributed by atoms with van der Waals surface area (Å²) in [6.07, 6.45) is 3.22. The summed E-state index contributed by atoms with van der Waals surface area (Å²) in [5.41, 5.74) is 3.94. The number of carbonyl (C=O) groups excluding carboxylic acids is 1. The Labute approximate surface area is 123 Å². The molecule has 1 heterocycles. The monoisotopic (exact) mass is 280 g/mol. The zero-order valence-electron chi connectivity index (χ0n) is 12.2. The molecule has 0 aliphatic carbocycles. The minimum Gasteiger partial charge on any atom is -0.322 e. The maximum Gasteiger partial charge on any atom is 0.248 e. The van der Waals surface area contributed by atoms with E-state index in [1.54, 1.807) is 35.0 Å². The van der Waals surface area contributed by atoms with Crippen LogP contribution < -0.4 is 5.32 Å². The van der Waals surface area contributed by atoms with Gasteiger partial charge in [0.2, 0.25) is 5.91 Å². The molecule has 0 aliphatic rings. The van der Waals surface area contributed by atoms with Crippen molar-refractivity contribution in [3.05, 3.63) is 52.9 Å². The lowest BCUT2D eigenvalue weighted by molar-refractivity contribution is -0.111. The van der Waals surface area contributed by atoms with Gasteiger partial charge in [0.25, 0.3) is 0 Å². The second-order valence-corrected chi connectivity index (χ2v) is 4.72. The van der Waals surface area contributed by atoms with Crippen molar-refractivity contribution in [2.45, 2.75) is 13.8 Å². The standard InChI is InChI=1S/C16H16N4O/c1-11-15(12(2)20(3)19-11)7-8-16(21)18-14-6-4-5-13(9-14)10-17/h4-9H,1-3H3,(H,18,21)/b8-7+. The largest absolute Gasteiger partial charge is 0.322 e. The molecule has 2 aromatic rings. The van der Waals surface area contributed by atoms with Crippen LogP contribution in [0.5, 0.6) is 0 Å². The Kier molecular flexibility index (Phi) is 4.19. The van der Waals surface area contributed by atoms with Crippen LogP contribution in [0.1, 0.15) is 22.5 Å². The average molecular weight is 280 g/mol. The van der Waals surface area contributed by atoms with E-state index in [0.717, 1.165) is 17.0 Å². The molecule has 1 amide bonds. The minimum atomic E-state index is -0.243. The fourth-order valence-corrected chi connectivity index (χ4v) is 2.04. The van der Waals surface area contributed by atoms with E-state index in [1.165, 1.54) is 6.08 Å². The summed E-state index contributed by atoms with van der Waals surface area (Å²) in [7, 11) is 1.87. The minimum absolute atomic E-state index is 0.243. The Hall–Kier alpha value is -2.87. The number of nitrogens with one attached hydrogen (secondary N) is 1. The fraction of sp³-hybridized carbons (Fsp3) is 0.188. The SMILES string of the molecule is Cc1nn(C)c(C)c1/C=C/C(=O)Nc1cccc(C#N)c1. The number of nitrogens with zero attached hydrogens (tertiary/aromatic N) is 3. The van der Waals surface area contributed by atoms with Crippen molar-refractivity contribution in [1.29, 1.82) is 5.26 Å². The molecule has 0 atom stereocenters. The molecule has 0 bridgehead atoms. The molecule has 0 unspecified atom stereocenters.